The van der Waals surface area contributed by atoms with E-state index in [1.165, 1.54) is 12.1 Å². The molecule has 1 aromatic heterocycles. The summed E-state index contributed by atoms with van der Waals surface area (Å²) in [6.07, 6.45) is 0. The van der Waals surface area contributed by atoms with Gasteiger partial charge < -0.3 is 15.0 Å². The van der Waals surface area contributed by atoms with Crippen LogP contribution in [0.5, 0.6) is 0 Å². The lowest BCUT2D eigenvalue weighted by molar-refractivity contribution is 0.102. The van der Waals surface area contributed by atoms with Gasteiger partial charge in [-0.25, -0.2) is 0 Å². The molecule has 2 rings (SSSR count). The zero-order chi connectivity index (χ0) is 13.7. The lowest BCUT2D eigenvalue weighted by Crippen LogP contribution is -2.18. The molecule has 2 aromatic rings. The average molecular weight is 258 g/mol. The van der Waals surface area contributed by atoms with Crippen LogP contribution in [0.4, 0.5) is 5.69 Å². The van der Waals surface area contributed by atoms with Gasteiger partial charge in [-0.3, -0.25) is 9.59 Å². The van der Waals surface area contributed by atoms with Gasteiger partial charge in [0.1, 0.15) is 5.69 Å². The molecular weight excluding hydrogens is 244 g/mol. The van der Waals surface area contributed by atoms with Crippen LogP contribution in [0.3, 0.4) is 0 Å². The molecule has 19 heavy (non-hydrogen) atoms. The number of methoxy groups -OCH3 is 1. The van der Waals surface area contributed by atoms with E-state index in [2.05, 4.69) is 10.3 Å². The van der Waals surface area contributed by atoms with Crippen LogP contribution in [0.1, 0.15) is 16.1 Å². The van der Waals surface area contributed by atoms with E-state index < -0.39 is 0 Å². The van der Waals surface area contributed by atoms with Crippen LogP contribution in [0, 0.1) is 0 Å². The van der Waals surface area contributed by atoms with Crippen molar-refractivity contribution in [3.05, 3.63) is 64.1 Å². The van der Waals surface area contributed by atoms with E-state index in [1.54, 1.807) is 19.2 Å². The minimum Gasteiger partial charge on any atom is -0.380 e. The van der Waals surface area contributed by atoms with E-state index in [0.717, 1.165) is 5.56 Å². The lowest BCUT2D eigenvalue weighted by Gasteiger charge is -2.10. The molecular formula is C14H14N2O3. The normalized spacial score (nSPS) is 10.2. The summed E-state index contributed by atoms with van der Waals surface area (Å²) in [5.74, 6) is -0.360. The van der Waals surface area contributed by atoms with Crippen LogP contribution >= 0.6 is 0 Å². The van der Waals surface area contributed by atoms with E-state index in [4.69, 9.17) is 4.74 Å². The molecule has 0 aliphatic heterocycles. The molecule has 0 saturated heterocycles. The van der Waals surface area contributed by atoms with Crippen molar-refractivity contribution in [1.82, 2.24) is 4.98 Å². The molecule has 0 unspecified atom stereocenters. The minimum absolute atomic E-state index is 0.222. The molecule has 1 aromatic carbocycles. The van der Waals surface area contributed by atoms with E-state index in [-0.39, 0.29) is 17.2 Å². The maximum absolute atomic E-state index is 12.0. The topological polar surface area (TPSA) is 71.2 Å². The number of benzene rings is 1. The van der Waals surface area contributed by atoms with Gasteiger partial charge in [-0.2, -0.15) is 0 Å². The maximum Gasteiger partial charge on any atom is 0.272 e. The average Bonchev–Trinajstić information content (AvgIpc) is 2.41. The number of nitrogens with one attached hydrogen (secondary N) is 2. The molecule has 0 fully saturated rings. The van der Waals surface area contributed by atoms with Crippen LogP contribution in [0.25, 0.3) is 0 Å². The third kappa shape index (κ3) is 3.29. The summed E-state index contributed by atoms with van der Waals surface area (Å²) in [4.78, 5) is 25.6. The van der Waals surface area contributed by atoms with E-state index in [1.807, 2.05) is 18.2 Å². The van der Waals surface area contributed by atoms with E-state index >= 15 is 0 Å². The van der Waals surface area contributed by atoms with Crippen LogP contribution in [-0.2, 0) is 11.3 Å². The number of amides is 1. The Balaban J connectivity index is 2.21. The Bertz CT molecular complexity index is 634. The predicted molar refractivity (Wildman–Crippen MR) is 72.2 cm³/mol. The first-order valence-corrected chi connectivity index (χ1v) is 5.78. The SMILES string of the molecule is COCc1ccccc1NC(=O)c1cccc(=O)[nH]1. The first-order chi connectivity index (χ1) is 9.20. The largest absolute Gasteiger partial charge is 0.380 e. The Kier molecular flexibility index (Phi) is 4.10. The van der Waals surface area contributed by atoms with Crippen molar-refractivity contribution in [2.75, 3.05) is 12.4 Å². The summed E-state index contributed by atoms with van der Waals surface area (Å²) in [5.41, 5.74) is 1.45. The fourth-order valence-corrected chi connectivity index (χ4v) is 1.69. The van der Waals surface area contributed by atoms with Gasteiger partial charge in [-0.05, 0) is 12.1 Å². The second-order valence-electron chi connectivity index (χ2n) is 3.97. The summed E-state index contributed by atoms with van der Waals surface area (Å²) in [7, 11) is 1.59. The summed E-state index contributed by atoms with van der Waals surface area (Å²) in [5, 5.41) is 2.75. The Morgan fingerprint density at radius 1 is 1.21 bits per heavy atom. The van der Waals surface area contributed by atoms with Crippen molar-refractivity contribution in [2.45, 2.75) is 6.61 Å². The van der Waals surface area contributed by atoms with Crippen LogP contribution in [0.15, 0.2) is 47.3 Å². The molecule has 0 radical (unpaired) electrons. The molecule has 0 aliphatic rings. The third-order valence-corrected chi connectivity index (χ3v) is 2.58. The summed E-state index contributed by atoms with van der Waals surface area (Å²) in [6, 6.07) is 11.8. The van der Waals surface area contributed by atoms with Crippen molar-refractivity contribution in [2.24, 2.45) is 0 Å². The van der Waals surface area contributed by atoms with Crippen molar-refractivity contribution in [3.63, 3.8) is 0 Å². The van der Waals surface area contributed by atoms with Crippen molar-refractivity contribution < 1.29 is 9.53 Å². The maximum atomic E-state index is 12.0. The van der Waals surface area contributed by atoms with Gasteiger partial charge >= 0.3 is 0 Å². The van der Waals surface area contributed by atoms with Gasteiger partial charge in [0.2, 0.25) is 5.56 Å². The predicted octanol–water partition coefficient (Wildman–Crippen LogP) is 1.77. The summed E-state index contributed by atoms with van der Waals surface area (Å²) < 4.78 is 5.07. The number of para-hydroxylation sites is 1. The fraction of sp³-hybridized carbons (Fsp3) is 0.143. The number of aromatic nitrogens is 1. The number of carbonyl (C=O) groups excluding carboxylic acids is 1. The summed E-state index contributed by atoms with van der Waals surface area (Å²) >= 11 is 0. The van der Waals surface area contributed by atoms with Gasteiger partial charge in [0.05, 0.1) is 6.61 Å². The van der Waals surface area contributed by atoms with Gasteiger partial charge in [0.15, 0.2) is 0 Å². The minimum atomic E-state index is -0.360. The second-order valence-corrected chi connectivity index (χ2v) is 3.97. The highest BCUT2D eigenvalue weighted by atomic mass is 16.5. The Morgan fingerprint density at radius 3 is 2.74 bits per heavy atom. The first kappa shape index (κ1) is 13.0. The monoisotopic (exact) mass is 258 g/mol. The molecule has 0 atom stereocenters. The van der Waals surface area contributed by atoms with E-state index in [0.29, 0.717) is 12.3 Å². The van der Waals surface area contributed by atoms with Gasteiger partial charge in [0.25, 0.3) is 5.91 Å². The first-order valence-electron chi connectivity index (χ1n) is 5.78. The quantitative estimate of drug-likeness (QED) is 0.878. The van der Waals surface area contributed by atoms with Crippen molar-refractivity contribution in [3.8, 4) is 0 Å². The molecule has 0 saturated carbocycles. The smallest absolute Gasteiger partial charge is 0.272 e. The number of ether oxygens (including phenoxy) is 1. The molecule has 1 amide bonds. The number of pyridine rings is 1. The van der Waals surface area contributed by atoms with Crippen LogP contribution in [-0.4, -0.2) is 18.0 Å². The Morgan fingerprint density at radius 2 is 2.00 bits per heavy atom. The number of H-pyrrole nitrogens is 1. The number of carbonyl (C=O) groups is 1. The Hall–Kier alpha value is -2.40. The van der Waals surface area contributed by atoms with Gasteiger partial charge in [0, 0.05) is 24.4 Å². The number of rotatable bonds is 4. The highest BCUT2D eigenvalue weighted by molar-refractivity contribution is 6.03. The zero-order valence-corrected chi connectivity index (χ0v) is 10.5. The third-order valence-electron chi connectivity index (χ3n) is 2.58. The van der Waals surface area contributed by atoms with Crippen LogP contribution in [0.2, 0.25) is 0 Å². The highest BCUT2D eigenvalue weighted by Crippen LogP contribution is 2.16. The standard InChI is InChI=1S/C14H14N2O3/c1-19-9-10-5-2-3-6-11(10)16-14(18)12-7-4-8-13(17)15-12/h2-8H,9H2,1H3,(H,15,17)(H,16,18). The summed E-state index contributed by atoms with van der Waals surface area (Å²) in [6.45, 7) is 0.405. The van der Waals surface area contributed by atoms with Crippen molar-refractivity contribution in [1.29, 1.82) is 0 Å². The van der Waals surface area contributed by atoms with Crippen LogP contribution < -0.4 is 10.9 Å². The number of anilines is 1. The fourth-order valence-electron chi connectivity index (χ4n) is 1.69. The molecule has 1 heterocycles. The number of hydrogen-bond donors (Lipinski definition) is 2. The van der Waals surface area contributed by atoms with Gasteiger partial charge in [-0.1, -0.05) is 24.3 Å². The second kappa shape index (κ2) is 5.97. The van der Waals surface area contributed by atoms with Crippen molar-refractivity contribution >= 4 is 11.6 Å². The molecule has 0 aliphatic carbocycles. The molecule has 5 nitrogen and oxygen atoms in total. The Labute approximate surface area is 110 Å². The lowest BCUT2D eigenvalue weighted by atomic mass is 10.2. The zero-order valence-electron chi connectivity index (χ0n) is 10.5. The molecule has 98 valence electrons. The molecule has 0 bridgehead atoms. The molecule has 5 heteroatoms. The number of hydrogen-bond acceptors (Lipinski definition) is 3. The highest BCUT2D eigenvalue weighted by Gasteiger charge is 2.09. The molecule has 2 N–H and O–H groups in total. The van der Waals surface area contributed by atoms with Gasteiger partial charge in [-0.15, -0.1) is 0 Å². The van der Waals surface area contributed by atoms with E-state index in [9.17, 15) is 9.59 Å². The number of aromatic amines is 1. The molecule has 0 spiro atoms.